The largest absolute Gasteiger partial charge is 0.362 e. The van der Waals surface area contributed by atoms with Gasteiger partial charge in [-0.2, -0.15) is 0 Å². The zero-order valence-corrected chi connectivity index (χ0v) is 27.2. The number of carbonyl (C=O) groups excluding carboxylic acids is 3. The SMILES string of the molecule is C=CC1CC1(NC(=O)C1CCCN1C(=C)CNCC(F)(F)CCC/C=C/C1=C2CN(C(C)=O)CC2=CCC1)C(=O)NSC1CC1. The molecule has 2 aliphatic heterocycles. The minimum Gasteiger partial charge on any atom is -0.362 e. The molecule has 3 aliphatic carbocycles. The summed E-state index contributed by atoms with van der Waals surface area (Å²) in [6.07, 6.45) is 14.6. The molecule has 3 N–H and O–H groups in total. The van der Waals surface area contributed by atoms with E-state index in [2.05, 4.69) is 40.7 Å². The number of alkyl halides is 2. The predicted molar refractivity (Wildman–Crippen MR) is 174 cm³/mol. The number of unbranched alkanes of at least 4 members (excludes halogenated alkanes) is 1. The highest BCUT2D eigenvalue weighted by Gasteiger charge is 2.60. The van der Waals surface area contributed by atoms with Gasteiger partial charge in [0.15, 0.2) is 0 Å². The molecule has 246 valence electrons. The van der Waals surface area contributed by atoms with Gasteiger partial charge in [0.25, 0.3) is 11.8 Å². The van der Waals surface area contributed by atoms with E-state index in [9.17, 15) is 23.2 Å². The number of fused-ring (bicyclic) bond motifs is 1. The summed E-state index contributed by atoms with van der Waals surface area (Å²) in [5.41, 5.74) is 3.26. The van der Waals surface area contributed by atoms with Crippen LogP contribution in [0.15, 0.2) is 59.9 Å². The van der Waals surface area contributed by atoms with Crippen molar-refractivity contribution in [1.82, 2.24) is 25.2 Å². The fraction of sp³-hybridized carbons (Fsp3) is 0.618. The van der Waals surface area contributed by atoms with Crippen LogP contribution in [0.4, 0.5) is 8.78 Å². The molecule has 3 amide bonds. The zero-order valence-electron chi connectivity index (χ0n) is 26.3. The first-order chi connectivity index (χ1) is 21.5. The van der Waals surface area contributed by atoms with Crippen molar-refractivity contribution in [3.05, 3.63) is 59.9 Å². The number of nitrogens with zero attached hydrogens (tertiary/aromatic N) is 2. The monoisotopic (exact) mass is 643 g/mol. The van der Waals surface area contributed by atoms with E-state index in [0.717, 1.165) is 32.1 Å². The summed E-state index contributed by atoms with van der Waals surface area (Å²) >= 11 is 1.43. The van der Waals surface area contributed by atoms with Crippen LogP contribution in [-0.2, 0) is 14.4 Å². The lowest BCUT2D eigenvalue weighted by molar-refractivity contribution is -0.131. The van der Waals surface area contributed by atoms with Crippen LogP contribution >= 0.6 is 11.9 Å². The third-order valence-electron chi connectivity index (χ3n) is 9.54. The third kappa shape index (κ3) is 8.27. The molecule has 0 radical (unpaired) electrons. The fourth-order valence-corrected chi connectivity index (χ4v) is 7.38. The molecule has 0 aromatic carbocycles. The topological polar surface area (TPSA) is 93.8 Å². The summed E-state index contributed by atoms with van der Waals surface area (Å²) in [4.78, 5) is 41.8. The van der Waals surface area contributed by atoms with Crippen LogP contribution in [0.2, 0.25) is 0 Å². The number of nitrogens with one attached hydrogen (secondary N) is 3. The molecule has 5 aliphatic rings. The van der Waals surface area contributed by atoms with Gasteiger partial charge in [-0.15, -0.1) is 6.58 Å². The molecule has 0 aromatic rings. The summed E-state index contributed by atoms with van der Waals surface area (Å²) in [5, 5.41) is 6.32. The molecule has 45 heavy (non-hydrogen) atoms. The lowest BCUT2D eigenvalue weighted by Crippen LogP contribution is -2.54. The van der Waals surface area contributed by atoms with Crippen molar-refractivity contribution in [1.29, 1.82) is 0 Å². The molecule has 11 heteroatoms. The smallest absolute Gasteiger partial charge is 0.260 e. The number of likely N-dealkylation sites (tertiary alicyclic amines) is 2. The van der Waals surface area contributed by atoms with Crippen LogP contribution in [0, 0.1) is 5.92 Å². The summed E-state index contributed by atoms with van der Waals surface area (Å²) in [6.45, 7) is 11.1. The van der Waals surface area contributed by atoms with E-state index in [1.807, 2.05) is 15.9 Å². The first-order valence-corrected chi connectivity index (χ1v) is 17.2. The number of halogens is 2. The number of rotatable bonds is 16. The fourth-order valence-electron chi connectivity index (χ4n) is 6.56. The zero-order chi connectivity index (χ0) is 32.2. The van der Waals surface area contributed by atoms with Crippen molar-refractivity contribution < 1.29 is 23.2 Å². The highest BCUT2D eigenvalue weighted by Crippen LogP contribution is 2.46. The Balaban J connectivity index is 1.03. The molecule has 4 fully saturated rings. The Morgan fingerprint density at radius 3 is 2.73 bits per heavy atom. The summed E-state index contributed by atoms with van der Waals surface area (Å²) < 4.78 is 32.3. The van der Waals surface area contributed by atoms with Crippen LogP contribution < -0.4 is 15.4 Å². The lowest BCUT2D eigenvalue weighted by Gasteiger charge is -2.30. The van der Waals surface area contributed by atoms with Crippen molar-refractivity contribution in [2.24, 2.45) is 5.92 Å². The molecule has 0 aromatic heterocycles. The second-order valence-electron chi connectivity index (χ2n) is 13.1. The number of carbonyl (C=O) groups is 3. The molecule has 2 heterocycles. The molecule has 5 rings (SSSR count). The van der Waals surface area contributed by atoms with Crippen molar-refractivity contribution in [2.75, 3.05) is 32.7 Å². The van der Waals surface area contributed by atoms with E-state index >= 15 is 0 Å². The number of allylic oxidation sites excluding steroid dienone is 4. The van der Waals surface area contributed by atoms with Gasteiger partial charge in [-0.25, -0.2) is 8.78 Å². The van der Waals surface area contributed by atoms with Crippen LogP contribution in [0.5, 0.6) is 0 Å². The summed E-state index contributed by atoms with van der Waals surface area (Å²) in [7, 11) is 0. The summed E-state index contributed by atoms with van der Waals surface area (Å²) in [6, 6.07) is -0.486. The number of hydrogen-bond donors (Lipinski definition) is 3. The normalized spacial score (nSPS) is 26.2. The Bertz CT molecular complexity index is 1290. The summed E-state index contributed by atoms with van der Waals surface area (Å²) in [5.74, 6) is -3.33. The van der Waals surface area contributed by atoms with Crippen LogP contribution in [-0.4, -0.2) is 83.0 Å². The standard InChI is InChI=1S/C34H47F2N5O3S/c1-4-27-18-34(27,32(44)39-45-28-14-15-28)38-31(43)30-13-9-17-41(30)23(2)19-37-22-33(35,36)16-7-5-6-10-25-11-8-12-26-20-40(24(3)42)21-29(25)26/h4,6,10,12,27-28,30,37H,1-2,5,7-9,11,13-22H2,3H3,(H,38,43)(H,39,44)/b10-6+. The van der Waals surface area contributed by atoms with Crippen molar-refractivity contribution in [3.8, 4) is 0 Å². The maximum absolute atomic E-state index is 14.7. The van der Waals surface area contributed by atoms with Gasteiger partial charge in [-0.05, 0) is 86.5 Å². The first-order valence-electron chi connectivity index (χ1n) is 16.3. The maximum Gasteiger partial charge on any atom is 0.260 e. The minimum absolute atomic E-state index is 0.0686. The van der Waals surface area contributed by atoms with Crippen molar-refractivity contribution >= 4 is 29.7 Å². The van der Waals surface area contributed by atoms with Crippen LogP contribution in [0.25, 0.3) is 0 Å². The Kier molecular flexibility index (Phi) is 10.6. The molecule has 2 saturated heterocycles. The van der Waals surface area contributed by atoms with Gasteiger partial charge in [0.1, 0.15) is 11.6 Å². The molecule has 8 nitrogen and oxygen atoms in total. The quantitative estimate of drug-likeness (QED) is 0.127. The second-order valence-corrected chi connectivity index (χ2v) is 14.2. The van der Waals surface area contributed by atoms with Gasteiger partial charge in [0, 0.05) is 56.4 Å². The highest BCUT2D eigenvalue weighted by atomic mass is 32.2. The Morgan fingerprint density at radius 2 is 2.02 bits per heavy atom. The van der Waals surface area contributed by atoms with Gasteiger partial charge in [-0.1, -0.05) is 30.9 Å². The molecular weight excluding hydrogens is 596 g/mol. The predicted octanol–water partition coefficient (Wildman–Crippen LogP) is 4.78. The van der Waals surface area contributed by atoms with Gasteiger partial charge in [0.05, 0.1) is 6.54 Å². The lowest BCUT2D eigenvalue weighted by atomic mass is 9.92. The van der Waals surface area contributed by atoms with E-state index in [1.54, 1.807) is 13.0 Å². The molecule has 0 bridgehead atoms. The molecule has 3 unspecified atom stereocenters. The van der Waals surface area contributed by atoms with Crippen molar-refractivity contribution in [3.63, 3.8) is 0 Å². The van der Waals surface area contributed by atoms with Crippen LogP contribution in [0.1, 0.15) is 71.1 Å². The Morgan fingerprint density at radius 1 is 1.22 bits per heavy atom. The average molecular weight is 644 g/mol. The number of hydrogen-bond acceptors (Lipinski definition) is 6. The van der Waals surface area contributed by atoms with Gasteiger partial charge >= 0.3 is 0 Å². The van der Waals surface area contributed by atoms with Gasteiger partial charge in [0.2, 0.25) is 11.8 Å². The number of amides is 3. The molecular formula is C34H47F2N5O3S. The molecule has 3 atom stereocenters. The maximum atomic E-state index is 14.7. The molecule has 2 saturated carbocycles. The van der Waals surface area contributed by atoms with Crippen LogP contribution in [0.3, 0.4) is 0 Å². The van der Waals surface area contributed by atoms with Crippen molar-refractivity contribution in [2.45, 2.75) is 93.9 Å². The van der Waals surface area contributed by atoms with E-state index in [-0.39, 0.29) is 36.6 Å². The minimum atomic E-state index is -2.87. The Hall–Kier alpha value is -2.92. The first kappa shape index (κ1) is 33.4. The van der Waals surface area contributed by atoms with E-state index in [1.165, 1.54) is 28.7 Å². The van der Waals surface area contributed by atoms with Gasteiger partial charge in [-0.3, -0.25) is 19.1 Å². The average Bonchev–Trinajstić information content (AvgIpc) is 3.85. The third-order valence-corrected chi connectivity index (χ3v) is 10.6. The van der Waals surface area contributed by atoms with E-state index in [0.29, 0.717) is 56.3 Å². The highest BCUT2D eigenvalue weighted by molar-refractivity contribution is 7.98. The second kappa shape index (κ2) is 14.2. The van der Waals surface area contributed by atoms with E-state index < -0.39 is 24.0 Å². The van der Waals surface area contributed by atoms with Gasteiger partial charge < -0.3 is 20.4 Å². The van der Waals surface area contributed by atoms with E-state index in [4.69, 9.17) is 0 Å². The molecule has 0 spiro atoms. The Labute approximate surface area is 270 Å².